The minimum absolute atomic E-state index is 0.0268. The van der Waals surface area contributed by atoms with Gasteiger partial charge in [0.25, 0.3) is 0 Å². The van der Waals surface area contributed by atoms with E-state index in [9.17, 15) is 9.90 Å². The summed E-state index contributed by atoms with van der Waals surface area (Å²) < 4.78 is 16.6. The monoisotopic (exact) mass is 319 g/mol. The van der Waals surface area contributed by atoms with Gasteiger partial charge in [-0.1, -0.05) is 0 Å². The van der Waals surface area contributed by atoms with E-state index >= 15 is 0 Å². The van der Waals surface area contributed by atoms with Crippen LogP contribution in [0.5, 0.6) is 11.5 Å². The second-order valence-corrected chi connectivity index (χ2v) is 5.81. The molecule has 2 atom stereocenters. The average molecular weight is 319 g/mol. The number of nitrogens with zero attached hydrogens (tertiary/aromatic N) is 1. The lowest BCUT2D eigenvalue weighted by Gasteiger charge is -2.25. The quantitative estimate of drug-likeness (QED) is 0.923. The largest absolute Gasteiger partial charge is 0.496 e. The number of aliphatic hydroxyl groups excluding tert-OH is 1. The summed E-state index contributed by atoms with van der Waals surface area (Å²) in [6.07, 6.45) is 2.25. The zero-order valence-corrected chi connectivity index (χ0v) is 13.5. The summed E-state index contributed by atoms with van der Waals surface area (Å²) in [5, 5.41) is 10.2. The zero-order valence-electron chi connectivity index (χ0n) is 13.5. The standard InChI is InChI=1S/C17H21NO5/c1-18-6-4-10(11(18)9-19)15-13(21-2)8-14(22-3)16-12(20)5-7-23-17(15)16/h5,7-8,10-11,19H,4,6,9H2,1-3H3. The van der Waals surface area contributed by atoms with E-state index in [2.05, 4.69) is 4.90 Å². The molecule has 6 heteroatoms. The van der Waals surface area contributed by atoms with Crippen molar-refractivity contribution in [1.82, 2.24) is 4.90 Å². The first-order chi connectivity index (χ1) is 11.1. The molecule has 1 fully saturated rings. The molecule has 124 valence electrons. The maximum absolute atomic E-state index is 12.3. The third-order valence-electron chi connectivity index (χ3n) is 4.72. The Balaban J connectivity index is 2.31. The second-order valence-electron chi connectivity index (χ2n) is 5.81. The summed E-state index contributed by atoms with van der Waals surface area (Å²) in [7, 11) is 5.08. The van der Waals surface area contributed by atoms with Crippen molar-refractivity contribution in [1.29, 1.82) is 0 Å². The number of benzene rings is 1. The minimum Gasteiger partial charge on any atom is -0.496 e. The fourth-order valence-electron chi connectivity index (χ4n) is 3.52. The first kappa shape index (κ1) is 15.8. The van der Waals surface area contributed by atoms with Gasteiger partial charge in [0, 0.05) is 29.7 Å². The molecule has 2 unspecified atom stereocenters. The number of methoxy groups -OCH3 is 2. The predicted molar refractivity (Wildman–Crippen MR) is 86.4 cm³/mol. The summed E-state index contributed by atoms with van der Waals surface area (Å²) in [5.41, 5.74) is 1.15. The number of likely N-dealkylation sites (N-methyl/N-ethyl adjacent to an activating group) is 1. The lowest BCUT2D eigenvalue weighted by Crippen LogP contribution is -2.32. The molecule has 0 saturated carbocycles. The number of hydrogen-bond acceptors (Lipinski definition) is 6. The van der Waals surface area contributed by atoms with E-state index in [1.165, 1.54) is 19.4 Å². The highest BCUT2D eigenvalue weighted by atomic mass is 16.5. The molecule has 1 aliphatic heterocycles. The highest BCUT2D eigenvalue weighted by molar-refractivity contribution is 5.89. The molecule has 0 spiro atoms. The van der Waals surface area contributed by atoms with Gasteiger partial charge in [-0.3, -0.25) is 4.79 Å². The van der Waals surface area contributed by atoms with Crippen molar-refractivity contribution in [3.63, 3.8) is 0 Å². The Morgan fingerprint density at radius 2 is 2.09 bits per heavy atom. The number of likely N-dealkylation sites (tertiary alicyclic amines) is 1. The fraction of sp³-hybridized carbons (Fsp3) is 0.471. The Kier molecular flexibility index (Phi) is 4.28. The van der Waals surface area contributed by atoms with Crippen LogP contribution < -0.4 is 14.9 Å². The van der Waals surface area contributed by atoms with E-state index in [0.717, 1.165) is 18.5 Å². The van der Waals surface area contributed by atoms with Gasteiger partial charge in [-0.2, -0.15) is 0 Å². The van der Waals surface area contributed by atoms with Crippen molar-refractivity contribution < 1.29 is 19.0 Å². The van der Waals surface area contributed by atoms with Crippen molar-refractivity contribution in [2.24, 2.45) is 0 Å². The van der Waals surface area contributed by atoms with Gasteiger partial charge in [-0.15, -0.1) is 0 Å². The SMILES string of the molecule is COc1cc(OC)c2c(=O)ccoc2c1C1CCN(C)C1CO. The third-order valence-corrected chi connectivity index (χ3v) is 4.72. The summed E-state index contributed by atoms with van der Waals surface area (Å²) in [4.78, 5) is 14.4. The number of rotatable bonds is 4. The molecule has 1 aliphatic rings. The van der Waals surface area contributed by atoms with Gasteiger partial charge in [0.1, 0.15) is 22.5 Å². The Bertz CT molecular complexity index is 769. The smallest absolute Gasteiger partial charge is 0.196 e. The van der Waals surface area contributed by atoms with Gasteiger partial charge in [0.2, 0.25) is 0 Å². The normalized spacial score (nSPS) is 21.7. The maximum Gasteiger partial charge on any atom is 0.196 e. The molecule has 0 bridgehead atoms. The summed E-state index contributed by atoms with van der Waals surface area (Å²) in [5.74, 6) is 1.07. The van der Waals surface area contributed by atoms with Gasteiger partial charge in [0.15, 0.2) is 5.43 Å². The number of fused-ring (bicyclic) bond motifs is 1. The topological polar surface area (TPSA) is 72.1 Å². The summed E-state index contributed by atoms with van der Waals surface area (Å²) in [6, 6.07) is 3.07. The number of hydrogen-bond donors (Lipinski definition) is 1. The predicted octanol–water partition coefficient (Wildman–Crippen LogP) is 1.59. The highest BCUT2D eigenvalue weighted by Crippen LogP contribution is 2.43. The Morgan fingerprint density at radius 1 is 1.35 bits per heavy atom. The van der Waals surface area contributed by atoms with Gasteiger partial charge < -0.3 is 23.9 Å². The number of aliphatic hydroxyl groups is 1. The van der Waals surface area contributed by atoms with Crippen LogP contribution in [0.25, 0.3) is 11.0 Å². The lowest BCUT2D eigenvalue weighted by atomic mass is 9.89. The van der Waals surface area contributed by atoms with Crippen molar-refractivity contribution in [2.75, 3.05) is 34.4 Å². The van der Waals surface area contributed by atoms with Crippen LogP contribution in [0.1, 0.15) is 17.9 Å². The van der Waals surface area contributed by atoms with E-state index in [0.29, 0.717) is 22.5 Å². The van der Waals surface area contributed by atoms with Crippen LogP contribution in [0.15, 0.2) is 27.6 Å². The number of ether oxygens (including phenoxy) is 2. The molecule has 1 aromatic carbocycles. The Hall–Kier alpha value is -2.05. The molecular formula is C17H21NO5. The molecule has 0 amide bonds. The van der Waals surface area contributed by atoms with Crippen LogP contribution in [0.2, 0.25) is 0 Å². The Morgan fingerprint density at radius 3 is 2.74 bits per heavy atom. The van der Waals surface area contributed by atoms with E-state index in [1.807, 2.05) is 7.05 Å². The first-order valence-electron chi connectivity index (χ1n) is 7.59. The molecule has 0 aliphatic carbocycles. The van der Waals surface area contributed by atoms with Gasteiger partial charge in [0.05, 0.1) is 27.1 Å². The van der Waals surface area contributed by atoms with Gasteiger partial charge >= 0.3 is 0 Å². The van der Waals surface area contributed by atoms with E-state index in [1.54, 1.807) is 13.2 Å². The van der Waals surface area contributed by atoms with E-state index in [4.69, 9.17) is 13.9 Å². The molecule has 6 nitrogen and oxygen atoms in total. The third kappa shape index (κ3) is 2.48. The molecule has 2 aromatic rings. The van der Waals surface area contributed by atoms with Gasteiger partial charge in [-0.25, -0.2) is 0 Å². The first-order valence-corrected chi connectivity index (χ1v) is 7.59. The van der Waals surface area contributed by atoms with Crippen molar-refractivity contribution in [2.45, 2.75) is 18.4 Å². The zero-order chi connectivity index (χ0) is 16.6. The van der Waals surface area contributed by atoms with Crippen LogP contribution in [0, 0.1) is 0 Å². The molecule has 23 heavy (non-hydrogen) atoms. The molecular weight excluding hydrogens is 298 g/mol. The van der Waals surface area contributed by atoms with Crippen LogP contribution in [0.3, 0.4) is 0 Å². The second kappa shape index (κ2) is 6.22. The summed E-state index contributed by atoms with van der Waals surface area (Å²) in [6.45, 7) is 0.901. The van der Waals surface area contributed by atoms with Crippen LogP contribution in [-0.2, 0) is 0 Å². The van der Waals surface area contributed by atoms with Crippen molar-refractivity contribution in [3.8, 4) is 11.5 Å². The van der Waals surface area contributed by atoms with Crippen LogP contribution >= 0.6 is 0 Å². The van der Waals surface area contributed by atoms with Crippen molar-refractivity contribution in [3.05, 3.63) is 34.2 Å². The average Bonchev–Trinajstić information content (AvgIpc) is 2.93. The molecule has 3 rings (SSSR count). The van der Waals surface area contributed by atoms with Crippen molar-refractivity contribution >= 4 is 11.0 Å². The highest BCUT2D eigenvalue weighted by Gasteiger charge is 2.36. The van der Waals surface area contributed by atoms with Crippen LogP contribution in [0.4, 0.5) is 0 Å². The Labute approximate surface area is 134 Å². The van der Waals surface area contributed by atoms with Crippen LogP contribution in [-0.4, -0.2) is 50.5 Å². The maximum atomic E-state index is 12.3. The van der Waals surface area contributed by atoms with Gasteiger partial charge in [-0.05, 0) is 20.0 Å². The molecule has 2 heterocycles. The van der Waals surface area contributed by atoms with E-state index < -0.39 is 0 Å². The van der Waals surface area contributed by atoms with E-state index in [-0.39, 0.29) is 24.0 Å². The lowest BCUT2D eigenvalue weighted by molar-refractivity contribution is 0.171. The minimum atomic E-state index is -0.154. The molecule has 1 saturated heterocycles. The molecule has 1 N–H and O–H groups in total. The molecule has 0 radical (unpaired) electrons. The summed E-state index contributed by atoms with van der Waals surface area (Å²) >= 11 is 0. The fourth-order valence-corrected chi connectivity index (χ4v) is 3.52. The molecule has 1 aromatic heterocycles.